The maximum Gasteiger partial charge on any atom is 0.326 e. The Kier molecular flexibility index (Phi) is 51.3. The molecular weight excluding hydrogens is 1470 g/mol. The molecule has 0 saturated carbocycles. The number of hydrogen-bond acceptors (Lipinski definition) is 23. The van der Waals surface area contributed by atoms with Gasteiger partial charge in [-0.25, -0.2) is 4.79 Å². The minimum Gasteiger partial charge on any atom is -0.480 e. The summed E-state index contributed by atoms with van der Waals surface area (Å²) in [5.41, 5.74) is 68.6. The Morgan fingerprint density at radius 1 is 0.363 bits per heavy atom. The van der Waals surface area contributed by atoms with E-state index in [-0.39, 0.29) is 128 Å². The first-order chi connectivity index (χ1) is 53.6. The van der Waals surface area contributed by atoms with Gasteiger partial charge < -0.3 is 138 Å². The molecule has 0 saturated heterocycles. The normalized spacial score (nSPS) is 14.2. The average molecular weight is 1600 g/mol. The Labute approximate surface area is 659 Å². The number of carboxylic acid groups (broad SMARTS) is 1. The van der Waals surface area contributed by atoms with Crippen molar-refractivity contribution in [3.8, 4) is 0 Å². The van der Waals surface area contributed by atoms with Crippen LogP contribution in [-0.4, -0.2) is 231 Å². The van der Waals surface area contributed by atoms with Crippen LogP contribution in [0.25, 0.3) is 0 Å². The fourth-order valence-electron chi connectivity index (χ4n) is 11.3. The van der Waals surface area contributed by atoms with Gasteiger partial charge in [-0.05, 0) is 180 Å². The van der Waals surface area contributed by atoms with E-state index in [0.29, 0.717) is 76.3 Å². The highest BCUT2D eigenvalue weighted by Gasteiger charge is 2.37. The Balaban J connectivity index is 3.57. The van der Waals surface area contributed by atoms with Crippen molar-refractivity contribution in [1.29, 1.82) is 0 Å². The second-order valence-electron chi connectivity index (χ2n) is 27.9. The van der Waals surface area contributed by atoms with E-state index in [0.717, 1.165) is 0 Å². The van der Waals surface area contributed by atoms with Gasteiger partial charge in [-0.1, -0.05) is 50.6 Å². The summed E-state index contributed by atoms with van der Waals surface area (Å²) in [4.78, 5) is 213. The number of guanidine groups is 2. The molecule has 12 atom stereocenters. The van der Waals surface area contributed by atoms with Gasteiger partial charge in [0.2, 0.25) is 82.7 Å². The number of primary amides is 2. The van der Waals surface area contributed by atoms with Crippen molar-refractivity contribution in [2.24, 2.45) is 84.7 Å². The molecule has 113 heavy (non-hydrogen) atoms. The zero-order valence-corrected chi connectivity index (χ0v) is 65.4. The topological polar surface area (TPSA) is 758 Å². The van der Waals surface area contributed by atoms with Crippen molar-refractivity contribution in [3.63, 3.8) is 0 Å². The molecule has 0 unspecified atom stereocenters. The van der Waals surface area contributed by atoms with E-state index in [1.165, 1.54) is 6.92 Å². The molecule has 42 nitrogen and oxygen atoms in total. The summed E-state index contributed by atoms with van der Waals surface area (Å²) >= 11 is 0. The summed E-state index contributed by atoms with van der Waals surface area (Å²) < 4.78 is 0. The number of hydrogen-bond donors (Lipinski definition) is 25. The molecule has 42 heteroatoms. The first kappa shape index (κ1) is 101. The molecule has 0 aliphatic carbocycles. The molecule has 0 radical (unpaired) electrons. The molecule has 0 bridgehead atoms. The Bertz CT molecular complexity index is 3240. The minimum atomic E-state index is -1.73. The van der Waals surface area contributed by atoms with Gasteiger partial charge in [-0.2, -0.15) is 0 Å². The van der Waals surface area contributed by atoms with E-state index >= 15 is 0 Å². The molecule has 37 N–H and O–H groups in total. The molecule has 14 amide bonds. The minimum absolute atomic E-state index is 0.0149. The third kappa shape index (κ3) is 44.4. The van der Waals surface area contributed by atoms with Crippen LogP contribution in [0.15, 0.2) is 40.3 Å². The van der Waals surface area contributed by atoms with Gasteiger partial charge in [0.05, 0.1) is 19.0 Å². The number of amides is 14. The van der Waals surface area contributed by atoms with E-state index in [1.54, 1.807) is 44.2 Å². The number of carbonyl (C=O) groups is 15. The number of nitrogens with one attached hydrogen (secondary N) is 12. The maximum absolute atomic E-state index is 14.5. The number of benzene rings is 1. The van der Waals surface area contributed by atoms with Gasteiger partial charge in [0.1, 0.15) is 66.5 Å². The van der Waals surface area contributed by atoms with Crippen LogP contribution in [0.4, 0.5) is 0 Å². The fraction of sp³-hybridized carbons (Fsp3) is 0.676. The monoisotopic (exact) mass is 1600 g/mol. The highest BCUT2D eigenvalue weighted by molar-refractivity contribution is 6.00. The van der Waals surface area contributed by atoms with Crippen molar-refractivity contribution < 1.29 is 77.0 Å². The third-order valence-corrected chi connectivity index (χ3v) is 17.6. The van der Waals surface area contributed by atoms with E-state index in [1.807, 2.05) is 0 Å². The second-order valence-corrected chi connectivity index (χ2v) is 27.9. The summed E-state index contributed by atoms with van der Waals surface area (Å²) in [7, 11) is 0. The average Bonchev–Trinajstić information content (AvgIpc) is 0.861. The van der Waals surface area contributed by atoms with Gasteiger partial charge in [0.15, 0.2) is 11.9 Å². The number of nitrogens with two attached hydrogens (primary N) is 12. The lowest BCUT2D eigenvalue weighted by molar-refractivity contribution is -0.142. The molecule has 638 valence electrons. The van der Waals surface area contributed by atoms with Crippen molar-refractivity contribution in [1.82, 2.24) is 63.8 Å². The summed E-state index contributed by atoms with van der Waals surface area (Å²) in [5, 5.41) is 40.4. The van der Waals surface area contributed by atoms with E-state index in [2.05, 4.69) is 73.8 Å². The molecule has 1 rings (SSSR count). The van der Waals surface area contributed by atoms with Gasteiger partial charge in [0.25, 0.3) is 0 Å². The quantitative estimate of drug-likeness (QED) is 0.0164. The van der Waals surface area contributed by atoms with Crippen LogP contribution in [0, 0.1) is 5.92 Å². The summed E-state index contributed by atoms with van der Waals surface area (Å²) in [6.07, 6.45) is 2.10. The Hall–Kier alpha value is -10.4. The number of aliphatic imine (C=N–C) groups is 2. The number of unbranched alkanes of at least 4 members (excludes halogenated alkanes) is 5. The third-order valence-electron chi connectivity index (χ3n) is 17.6. The van der Waals surface area contributed by atoms with Gasteiger partial charge in [-0.15, -0.1) is 0 Å². The lowest BCUT2D eigenvalue weighted by atomic mass is 10.0. The molecule has 0 heterocycles. The van der Waals surface area contributed by atoms with E-state index in [9.17, 15) is 77.0 Å². The summed E-state index contributed by atoms with van der Waals surface area (Å²) in [5.74, 6) is -15.0. The van der Waals surface area contributed by atoms with Crippen LogP contribution >= 0.6 is 0 Å². The Morgan fingerprint density at radius 3 is 1.09 bits per heavy atom. The highest BCUT2D eigenvalue weighted by Crippen LogP contribution is 2.14. The molecular formula is C71H128N26O16. The van der Waals surface area contributed by atoms with Crippen LogP contribution in [0.5, 0.6) is 0 Å². The van der Waals surface area contributed by atoms with Gasteiger partial charge >= 0.3 is 5.97 Å². The van der Waals surface area contributed by atoms with Crippen LogP contribution < -0.4 is 133 Å². The SMILES string of the molecule is CC(C)C[C@H](NC(=O)[C@H](C)NC(=O)CNC(=O)[C@H](CCCCN)NC(=O)[C@H](CCCN=C(N)N)NC(=O)[C@H](CCCCN)NC(=O)[C@H](Cc1ccccc1)NC(=O)[C@@H](N)CCCCN)C(=O)N[C@@H](CCCN=C(N)N)C(=O)N[C@@H](CCC(N)=O)C(=O)N[C@@H](CCCCN)C(=O)N[C@@H](CC(N)=O)C(=O)N[C@@H](CCCCN)C(=O)O. The molecule has 0 aliphatic rings. The zero-order valence-electron chi connectivity index (χ0n) is 65.4. The van der Waals surface area contributed by atoms with Crippen LogP contribution in [-0.2, 0) is 78.3 Å². The zero-order chi connectivity index (χ0) is 85.0. The standard InChI is InChI=1S/C71H128N26O16/c1-41(2)37-52(66(109)92-49(27-18-36-85-71(82)83)63(106)93-50(28-29-55(78)98)65(108)89-47(24-10-15-33-75)64(107)97-54(39-56(79)99)68(111)94-51(69(112)113)25-11-16-34-76)95-58(101)42(3)87-57(100)40-86-60(103)45(22-8-13-31-73)88-62(105)48(26-17-35-84-70(80)81)90-61(104)46(23-9-14-32-74)91-67(110)53(38-43-19-5-4-6-20-43)96-59(102)44(77)21-7-12-30-72/h4-6,19-20,41-42,44-54H,7-18,21-40,72-77H2,1-3H3,(H2,78,98)(H2,79,99)(H,86,103)(H,87,100)(H,88,105)(H,89,108)(H,90,104)(H,91,110)(H,92,109)(H,93,106)(H,94,111)(H,95,101)(H,96,102)(H,97,107)(H,112,113)(H4,80,81,84)(H4,82,83,85)/t42-,44-,45-,46-,47-,48-,49-,50-,51-,52-,53-,54-/m0/s1. The fourth-order valence-corrected chi connectivity index (χ4v) is 11.3. The summed E-state index contributed by atoms with van der Waals surface area (Å²) in [6, 6.07) is -8.12. The molecule has 0 spiro atoms. The molecule has 1 aromatic carbocycles. The first-order valence-corrected chi connectivity index (χ1v) is 38.4. The predicted molar refractivity (Wildman–Crippen MR) is 422 cm³/mol. The number of aliphatic carboxylic acids is 1. The summed E-state index contributed by atoms with van der Waals surface area (Å²) in [6.45, 7) is 5.15. The largest absolute Gasteiger partial charge is 0.480 e. The Morgan fingerprint density at radius 2 is 0.699 bits per heavy atom. The van der Waals surface area contributed by atoms with E-state index in [4.69, 9.17) is 68.8 Å². The maximum atomic E-state index is 14.5. The molecule has 0 fully saturated rings. The molecule has 1 aromatic rings. The second kappa shape index (κ2) is 57.6. The van der Waals surface area contributed by atoms with E-state index < -0.39 is 187 Å². The molecule has 0 aromatic heterocycles. The lowest BCUT2D eigenvalue weighted by Crippen LogP contribution is -2.60. The van der Waals surface area contributed by atoms with Crippen LogP contribution in [0.1, 0.15) is 174 Å². The molecule has 0 aliphatic heterocycles. The van der Waals surface area contributed by atoms with Gasteiger partial charge in [0, 0.05) is 25.9 Å². The van der Waals surface area contributed by atoms with Crippen molar-refractivity contribution in [3.05, 3.63) is 35.9 Å². The van der Waals surface area contributed by atoms with Crippen molar-refractivity contribution >= 4 is 101 Å². The van der Waals surface area contributed by atoms with Crippen LogP contribution in [0.2, 0.25) is 0 Å². The highest BCUT2D eigenvalue weighted by atomic mass is 16.4. The number of nitrogens with zero attached hydrogens (tertiary/aromatic N) is 2. The van der Waals surface area contributed by atoms with Crippen molar-refractivity contribution in [2.75, 3.05) is 52.4 Å². The lowest BCUT2D eigenvalue weighted by Gasteiger charge is -2.28. The van der Waals surface area contributed by atoms with Crippen molar-refractivity contribution in [2.45, 2.75) is 247 Å². The smallest absolute Gasteiger partial charge is 0.326 e. The first-order valence-electron chi connectivity index (χ1n) is 38.4. The van der Waals surface area contributed by atoms with Crippen LogP contribution in [0.3, 0.4) is 0 Å². The predicted octanol–water partition coefficient (Wildman–Crippen LogP) is -7.95. The van der Waals surface area contributed by atoms with Gasteiger partial charge in [-0.3, -0.25) is 77.1 Å². The number of rotatable bonds is 62. The number of carbonyl (C=O) groups excluding carboxylic acids is 14. The number of carboxylic acids is 1.